The number of aromatic nitrogens is 5. The molecule has 4 rings (SSSR count). The molecule has 130 valence electrons. The Bertz CT molecular complexity index is 1050. The number of thioether (sulfide) groups is 1. The van der Waals surface area contributed by atoms with Crippen molar-refractivity contribution in [3.05, 3.63) is 71.1 Å². The molecule has 2 aromatic carbocycles. The lowest BCUT2D eigenvalue weighted by Gasteiger charge is -2.04. The summed E-state index contributed by atoms with van der Waals surface area (Å²) < 4.78 is 7.28. The van der Waals surface area contributed by atoms with Crippen LogP contribution in [0.3, 0.4) is 0 Å². The van der Waals surface area contributed by atoms with Crippen molar-refractivity contribution >= 4 is 23.4 Å². The number of rotatable bonds is 5. The molecule has 0 aliphatic heterocycles. The molecule has 6 nitrogen and oxygen atoms in total. The van der Waals surface area contributed by atoms with Gasteiger partial charge < -0.3 is 4.42 Å². The van der Waals surface area contributed by atoms with E-state index in [1.165, 1.54) is 11.8 Å². The van der Waals surface area contributed by atoms with Crippen LogP contribution in [0.2, 0.25) is 5.02 Å². The van der Waals surface area contributed by atoms with Gasteiger partial charge in [-0.3, -0.25) is 0 Å². The molecule has 0 fully saturated rings. The molecule has 0 aliphatic rings. The van der Waals surface area contributed by atoms with E-state index < -0.39 is 0 Å². The normalized spacial score (nSPS) is 11.0. The summed E-state index contributed by atoms with van der Waals surface area (Å²) in [4.78, 5) is 4.51. The Hall–Kier alpha value is -2.64. The van der Waals surface area contributed by atoms with Crippen molar-refractivity contribution in [2.24, 2.45) is 0 Å². The molecule has 0 aliphatic carbocycles. The second-order valence-corrected chi connectivity index (χ2v) is 7.03. The zero-order chi connectivity index (χ0) is 17.9. The van der Waals surface area contributed by atoms with Crippen LogP contribution in [0.4, 0.5) is 0 Å². The molecule has 0 atom stereocenters. The Kier molecular flexibility index (Phi) is 4.73. The van der Waals surface area contributed by atoms with Crippen molar-refractivity contribution in [3.8, 4) is 17.1 Å². The molecule has 26 heavy (non-hydrogen) atoms. The van der Waals surface area contributed by atoms with Gasteiger partial charge in [-0.05, 0) is 53.2 Å². The number of aryl methyl sites for hydroxylation is 1. The summed E-state index contributed by atoms with van der Waals surface area (Å²) in [5.74, 6) is 1.14. The maximum atomic E-state index is 6.02. The summed E-state index contributed by atoms with van der Waals surface area (Å²) >= 11 is 7.52. The highest BCUT2D eigenvalue weighted by molar-refractivity contribution is 7.98. The molecule has 2 aromatic heterocycles. The predicted molar refractivity (Wildman–Crippen MR) is 100 cm³/mol. The average Bonchev–Trinajstić information content (AvgIpc) is 3.29. The third-order valence-electron chi connectivity index (χ3n) is 3.66. The fourth-order valence-corrected chi connectivity index (χ4v) is 3.41. The van der Waals surface area contributed by atoms with E-state index in [1.54, 1.807) is 10.9 Å². The number of hydrogen-bond acceptors (Lipinski definition) is 6. The van der Waals surface area contributed by atoms with Crippen LogP contribution < -0.4 is 0 Å². The first-order valence-electron chi connectivity index (χ1n) is 7.87. The lowest BCUT2D eigenvalue weighted by Crippen LogP contribution is -1.99. The zero-order valence-corrected chi connectivity index (χ0v) is 15.4. The van der Waals surface area contributed by atoms with Gasteiger partial charge in [0.05, 0.1) is 11.4 Å². The van der Waals surface area contributed by atoms with E-state index in [0.717, 1.165) is 22.5 Å². The molecule has 8 heteroatoms. The molecule has 0 unspecified atom stereocenters. The van der Waals surface area contributed by atoms with E-state index in [4.69, 9.17) is 16.0 Å². The molecule has 0 amide bonds. The minimum absolute atomic E-state index is 0.543. The first-order chi connectivity index (χ1) is 12.7. The number of hydrogen-bond donors (Lipinski definition) is 0. The summed E-state index contributed by atoms with van der Waals surface area (Å²) in [5.41, 5.74) is 3.73. The van der Waals surface area contributed by atoms with Crippen LogP contribution in [-0.2, 0) is 5.75 Å². The molecule has 0 spiro atoms. The molecule has 2 heterocycles. The van der Waals surface area contributed by atoms with Crippen molar-refractivity contribution in [1.29, 1.82) is 0 Å². The van der Waals surface area contributed by atoms with Gasteiger partial charge in [0.2, 0.25) is 11.0 Å². The van der Waals surface area contributed by atoms with E-state index in [9.17, 15) is 0 Å². The third-order valence-corrected chi connectivity index (χ3v) is 4.85. The van der Waals surface area contributed by atoms with Crippen LogP contribution >= 0.6 is 23.4 Å². The minimum Gasteiger partial charge on any atom is -0.444 e. The van der Waals surface area contributed by atoms with Crippen molar-refractivity contribution in [2.75, 3.05) is 0 Å². The van der Waals surface area contributed by atoms with Gasteiger partial charge >= 0.3 is 0 Å². The van der Waals surface area contributed by atoms with Crippen molar-refractivity contribution in [1.82, 2.24) is 25.2 Å². The predicted octanol–water partition coefficient (Wildman–Crippen LogP) is 4.57. The highest BCUT2D eigenvalue weighted by Crippen LogP contribution is 2.26. The number of halogens is 1. The van der Waals surface area contributed by atoms with Gasteiger partial charge in [0.25, 0.3) is 0 Å². The second-order valence-electron chi connectivity index (χ2n) is 5.66. The molecule has 0 saturated carbocycles. The Morgan fingerprint density at radius 3 is 2.88 bits per heavy atom. The summed E-state index contributed by atoms with van der Waals surface area (Å²) in [7, 11) is 0. The van der Waals surface area contributed by atoms with Crippen LogP contribution in [0, 0.1) is 6.92 Å². The van der Waals surface area contributed by atoms with Gasteiger partial charge in [0.1, 0.15) is 6.26 Å². The van der Waals surface area contributed by atoms with Crippen LogP contribution in [0.1, 0.15) is 11.3 Å². The van der Waals surface area contributed by atoms with Gasteiger partial charge in [-0.25, -0.2) is 4.98 Å². The molecular weight excluding hydrogens is 370 g/mol. The Labute approximate surface area is 159 Å². The van der Waals surface area contributed by atoms with E-state index in [-0.39, 0.29) is 0 Å². The number of benzene rings is 2. The fourth-order valence-electron chi connectivity index (χ4n) is 2.46. The molecule has 0 saturated heterocycles. The highest BCUT2D eigenvalue weighted by Gasteiger charge is 2.12. The Morgan fingerprint density at radius 2 is 2.04 bits per heavy atom. The fraction of sp³-hybridized carbons (Fsp3) is 0.111. The molecular formula is C18H14ClN5OS. The van der Waals surface area contributed by atoms with Crippen molar-refractivity contribution in [3.63, 3.8) is 0 Å². The Balaban J connectivity index is 1.50. The van der Waals surface area contributed by atoms with Crippen LogP contribution in [-0.4, -0.2) is 25.2 Å². The highest BCUT2D eigenvalue weighted by atomic mass is 35.5. The van der Waals surface area contributed by atoms with E-state index >= 15 is 0 Å². The average molecular weight is 384 g/mol. The number of nitrogens with zero attached hydrogens (tertiary/aromatic N) is 5. The van der Waals surface area contributed by atoms with Gasteiger partial charge in [-0.2, -0.15) is 4.68 Å². The first kappa shape index (κ1) is 16.8. The summed E-state index contributed by atoms with van der Waals surface area (Å²) in [6, 6.07) is 15.4. The largest absolute Gasteiger partial charge is 0.444 e. The summed E-state index contributed by atoms with van der Waals surface area (Å²) in [5, 5.41) is 13.3. The monoisotopic (exact) mass is 383 g/mol. The topological polar surface area (TPSA) is 69.6 Å². The molecule has 0 bridgehead atoms. The maximum Gasteiger partial charge on any atom is 0.226 e. The van der Waals surface area contributed by atoms with Gasteiger partial charge in [0.15, 0.2) is 0 Å². The summed E-state index contributed by atoms with van der Waals surface area (Å²) in [6.45, 7) is 2.04. The van der Waals surface area contributed by atoms with Gasteiger partial charge in [-0.1, -0.05) is 41.6 Å². The van der Waals surface area contributed by atoms with E-state index in [0.29, 0.717) is 21.8 Å². The lowest BCUT2D eigenvalue weighted by molar-refractivity contribution is 0.573. The van der Waals surface area contributed by atoms with Crippen LogP contribution in [0.15, 0.2) is 64.4 Å². The summed E-state index contributed by atoms with van der Waals surface area (Å²) in [6.07, 6.45) is 1.64. The zero-order valence-electron chi connectivity index (χ0n) is 13.8. The van der Waals surface area contributed by atoms with Crippen LogP contribution in [0.5, 0.6) is 0 Å². The maximum absolute atomic E-state index is 6.02. The van der Waals surface area contributed by atoms with Crippen LogP contribution in [0.25, 0.3) is 17.1 Å². The van der Waals surface area contributed by atoms with Gasteiger partial charge in [0, 0.05) is 16.3 Å². The van der Waals surface area contributed by atoms with E-state index in [2.05, 4.69) is 20.5 Å². The lowest BCUT2D eigenvalue weighted by atomic mass is 10.2. The van der Waals surface area contributed by atoms with E-state index in [1.807, 2.05) is 55.5 Å². The minimum atomic E-state index is 0.543. The number of oxazole rings is 1. The third kappa shape index (κ3) is 3.63. The first-order valence-corrected chi connectivity index (χ1v) is 9.24. The molecule has 4 aromatic rings. The van der Waals surface area contributed by atoms with Crippen molar-refractivity contribution < 1.29 is 4.42 Å². The van der Waals surface area contributed by atoms with Gasteiger partial charge in [-0.15, -0.1) is 5.10 Å². The second kappa shape index (κ2) is 7.31. The Morgan fingerprint density at radius 1 is 1.15 bits per heavy atom. The molecule has 0 radical (unpaired) electrons. The van der Waals surface area contributed by atoms with Crippen molar-refractivity contribution in [2.45, 2.75) is 17.8 Å². The number of tetrazole rings is 1. The SMILES string of the molecule is Cc1cccc(-n2nnnc2SCc2coc(-c3cccc(Cl)c3)n2)c1. The molecule has 0 N–H and O–H groups in total. The standard InChI is InChI=1S/C18H14ClN5OS/c1-12-4-2-7-16(8-12)24-18(21-22-23-24)26-11-15-10-25-17(20-15)13-5-3-6-14(19)9-13/h2-10H,11H2,1H3. The quantitative estimate of drug-likeness (QED) is 0.470. The smallest absolute Gasteiger partial charge is 0.226 e.